The van der Waals surface area contributed by atoms with Crippen molar-refractivity contribution < 1.29 is 4.74 Å². The fraction of sp³-hybridized carbons (Fsp3) is 0.0385. The lowest BCUT2D eigenvalue weighted by Gasteiger charge is -2.15. The Morgan fingerprint density at radius 2 is 1.50 bits per heavy atom. The molecule has 0 saturated heterocycles. The van der Waals surface area contributed by atoms with E-state index < -0.39 is 5.56 Å². The molecular weight excluding hydrogens is 471 g/mol. The minimum Gasteiger partial charge on any atom is -0.449 e. The van der Waals surface area contributed by atoms with Crippen LogP contribution in [-0.2, 0) is 0 Å². The molecule has 0 unspecified atom stereocenters. The first-order valence-electron chi connectivity index (χ1n) is 10.4. The molecule has 0 amide bonds. The summed E-state index contributed by atoms with van der Waals surface area (Å²) < 4.78 is 9.02. The van der Waals surface area contributed by atoms with Crippen molar-refractivity contribution in [3.63, 3.8) is 0 Å². The molecule has 2 heterocycles. The maximum atomic E-state index is 13.6. The number of hydrogen-bond donors (Lipinski definition) is 0. The zero-order valence-electron chi connectivity index (χ0n) is 18.0. The highest BCUT2D eigenvalue weighted by molar-refractivity contribution is 6.30. The molecule has 0 bridgehead atoms. The summed E-state index contributed by atoms with van der Waals surface area (Å²) in [6.45, 7) is 1.79. The Kier molecular flexibility index (Phi) is 5.92. The summed E-state index contributed by atoms with van der Waals surface area (Å²) in [5.74, 6) is 1.17. The third-order valence-electron chi connectivity index (χ3n) is 5.30. The quantitative estimate of drug-likeness (QED) is 0.283. The first-order chi connectivity index (χ1) is 16.5. The van der Waals surface area contributed by atoms with Crippen LogP contribution < -0.4 is 10.3 Å². The molecule has 0 aliphatic rings. The van der Waals surface area contributed by atoms with E-state index in [1.54, 1.807) is 35.8 Å². The lowest BCUT2D eigenvalue weighted by Crippen LogP contribution is -2.24. The van der Waals surface area contributed by atoms with Crippen LogP contribution in [0.1, 0.15) is 5.82 Å². The Morgan fingerprint density at radius 1 is 0.824 bits per heavy atom. The summed E-state index contributed by atoms with van der Waals surface area (Å²) in [5.41, 5.74) is 2.62. The number of ether oxygens (including phenoxy) is 1. The maximum Gasteiger partial charge on any atom is 0.316 e. The van der Waals surface area contributed by atoms with E-state index in [1.165, 1.54) is 17.1 Å². The van der Waals surface area contributed by atoms with Gasteiger partial charge in [-0.15, -0.1) is 0 Å². The summed E-state index contributed by atoms with van der Waals surface area (Å²) in [6.07, 6.45) is 3.05. The molecule has 6 nitrogen and oxygen atoms in total. The van der Waals surface area contributed by atoms with Crippen molar-refractivity contribution in [1.29, 1.82) is 0 Å². The molecule has 3 aromatic carbocycles. The number of nitrogens with zero attached hydrogens (tertiary/aromatic N) is 4. The molecule has 5 rings (SSSR count). The standard InChI is InChI=1S/C26H18Cl2N4O2/c1-17-29-16-24(28)31(17)23-15-30-32(21-11-9-20(27)10-12-21)26(33)25(23)34-22-13-7-19(8-14-22)18-5-3-2-4-6-18/h2-16H,1H3. The third kappa shape index (κ3) is 4.21. The smallest absolute Gasteiger partial charge is 0.316 e. The number of benzene rings is 3. The second-order valence-corrected chi connectivity index (χ2v) is 8.33. The molecule has 2 aromatic heterocycles. The van der Waals surface area contributed by atoms with Crippen molar-refractivity contribution in [2.75, 3.05) is 0 Å². The normalized spacial score (nSPS) is 10.9. The van der Waals surface area contributed by atoms with Gasteiger partial charge in [-0.2, -0.15) is 9.78 Å². The van der Waals surface area contributed by atoms with E-state index in [2.05, 4.69) is 10.1 Å². The van der Waals surface area contributed by atoms with Crippen LogP contribution in [0.3, 0.4) is 0 Å². The topological polar surface area (TPSA) is 61.9 Å². The van der Waals surface area contributed by atoms with Gasteiger partial charge in [0.25, 0.3) is 0 Å². The van der Waals surface area contributed by atoms with E-state index >= 15 is 0 Å². The zero-order valence-corrected chi connectivity index (χ0v) is 19.5. The fourth-order valence-electron chi connectivity index (χ4n) is 3.62. The summed E-state index contributed by atoms with van der Waals surface area (Å²) in [7, 11) is 0. The molecular formula is C26H18Cl2N4O2. The van der Waals surface area contributed by atoms with Gasteiger partial charge in [0, 0.05) is 5.02 Å². The summed E-state index contributed by atoms with van der Waals surface area (Å²) >= 11 is 12.4. The van der Waals surface area contributed by atoms with Gasteiger partial charge in [0.15, 0.2) is 0 Å². The van der Waals surface area contributed by atoms with Crippen LogP contribution in [-0.4, -0.2) is 19.3 Å². The second-order valence-electron chi connectivity index (χ2n) is 7.51. The van der Waals surface area contributed by atoms with Gasteiger partial charge in [0.1, 0.15) is 22.4 Å². The van der Waals surface area contributed by atoms with Crippen LogP contribution in [0.25, 0.3) is 22.5 Å². The van der Waals surface area contributed by atoms with Crippen LogP contribution in [0, 0.1) is 6.92 Å². The van der Waals surface area contributed by atoms with Crippen LogP contribution in [0.5, 0.6) is 11.5 Å². The highest BCUT2D eigenvalue weighted by atomic mass is 35.5. The number of hydrogen-bond acceptors (Lipinski definition) is 4. The maximum absolute atomic E-state index is 13.6. The molecule has 0 saturated carbocycles. The minimum atomic E-state index is -0.448. The molecule has 0 atom stereocenters. The summed E-state index contributed by atoms with van der Waals surface area (Å²) in [5, 5.41) is 5.25. The molecule has 5 aromatic rings. The molecule has 0 fully saturated rings. The van der Waals surface area contributed by atoms with Crippen LogP contribution in [0.15, 0.2) is 96.1 Å². The van der Waals surface area contributed by atoms with Crippen LogP contribution in [0.4, 0.5) is 0 Å². The van der Waals surface area contributed by atoms with Crippen molar-refractivity contribution in [1.82, 2.24) is 19.3 Å². The Labute approximate surface area is 205 Å². The van der Waals surface area contributed by atoms with Crippen molar-refractivity contribution in [3.8, 4) is 34.0 Å². The predicted molar refractivity (Wildman–Crippen MR) is 134 cm³/mol. The Hall–Kier alpha value is -3.87. The van der Waals surface area contributed by atoms with E-state index in [9.17, 15) is 4.79 Å². The second kappa shape index (κ2) is 9.17. The van der Waals surface area contributed by atoms with Gasteiger partial charge >= 0.3 is 5.56 Å². The Morgan fingerprint density at radius 3 is 2.15 bits per heavy atom. The summed E-state index contributed by atoms with van der Waals surface area (Å²) in [4.78, 5) is 17.8. The first kappa shape index (κ1) is 21.9. The Bertz CT molecular complexity index is 1490. The third-order valence-corrected chi connectivity index (χ3v) is 5.82. The molecule has 0 spiro atoms. The molecule has 8 heteroatoms. The van der Waals surface area contributed by atoms with Gasteiger partial charge in [-0.3, -0.25) is 9.36 Å². The van der Waals surface area contributed by atoms with Crippen molar-refractivity contribution in [3.05, 3.63) is 118 Å². The van der Waals surface area contributed by atoms with Gasteiger partial charge in [0.05, 0.1) is 18.1 Å². The van der Waals surface area contributed by atoms with Crippen molar-refractivity contribution >= 4 is 23.2 Å². The van der Waals surface area contributed by atoms with E-state index in [-0.39, 0.29) is 5.75 Å². The average molecular weight is 489 g/mol. The first-order valence-corrected chi connectivity index (χ1v) is 11.2. The van der Waals surface area contributed by atoms with E-state index in [4.69, 9.17) is 27.9 Å². The zero-order chi connectivity index (χ0) is 23.7. The molecule has 34 heavy (non-hydrogen) atoms. The number of rotatable bonds is 5. The largest absolute Gasteiger partial charge is 0.449 e. The molecule has 0 aliphatic heterocycles. The van der Waals surface area contributed by atoms with Gasteiger partial charge in [-0.05, 0) is 54.4 Å². The molecule has 0 radical (unpaired) electrons. The predicted octanol–water partition coefficient (Wildman–Crippen LogP) is 6.49. The van der Waals surface area contributed by atoms with E-state index in [1.807, 2.05) is 54.6 Å². The van der Waals surface area contributed by atoms with Gasteiger partial charge in [-0.25, -0.2) is 4.98 Å². The SMILES string of the molecule is Cc1ncc(Cl)n1-c1cnn(-c2ccc(Cl)cc2)c(=O)c1Oc1ccc(-c2ccccc2)cc1. The fourth-order valence-corrected chi connectivity index (χ4v) is 4.01. The Balaban J connectivity index is 1.61. The number of halogens is 2. The number of imidazole rings is 1. The minimum absolute atomic E-state index is 0.0698. The van der Waals surface area contributed by atoms with E-state index in [0.29, 0.717) is 33.1 Å². The van der Waals surface area contributed by atoms with Gasteiger partial charge in [-0.1, -0.05) is 65.7 Å². The van der Waals surface area contributed by atoms with Crippen LogP contribution >= 0.6 is 23.2 Å². The lowest BCUT2D eigenvalue weighted by molar-refractivity contribution is 0.464. The van der Waals surface area contributed by atoms with Crippen molar-refractivity contribution in [2.45, 2.75) is 6.92 Å². The highest BCUT2D eigenvalue weighted by Crippen LogP contribution is 2.30. The monoisotopic (exact) mass is 488 g/mol. The van der Waals surface area contributed by atoms with E-state index in [0.717, 1.165) is 11.1 Å². The number of aromatic nitrogens is 4. The average Bonchev–Trinajstić information content (AvgIpc) is 3.20. The molecule has 0 aliphatic carbocycles. The highest BCUT2D eigenvalue weighted by Gasteiger charge is 2.20. The van der Waals surface area contributed by atoms with Gasteiger partial charge in [0.2, 0.25) is 5.75 Å². The molecule has 168 valence electrons. The summed E-state index contributed by atoms with van der Waals surface area (Å²) in [6, 6.07) is 24.3. The van der Waals surface area contributed by atoms with Crippen molar-refractivity contribution in [2.24, 2.45) is 0 Å². The molecule has 0 N–H and O–H groups in total. The van der Waals surface area contributed by atoms with Gasteiger partial charge < -0.3 is 4.74 Å². The van der Waals surface area contributed by atoms with Crippen LogP contribution in [0.2, 0.25) is 10.2 Å². The number of aryl methyl sites for hydroxylation is 1. The lowest BCUT2D eigenvalue weighted by atomic mass is 10.1.